The average Bonchev–Trinajstić information content (AvgIpc) is 2.84. The third-order valence-electron chi connectivity index (χ3n) is 6.84. The summed E-state index contributed by atoms with van der Waals surface area (Å²) in [6.07, 6.45) is 5.39. The normalized spacial score (nSPS) is 20.6. The van der Waals surface area contributed by atoms with Crippen molar-refractivity contribution in [3.05, 3.63) is 35.9 Å². The minimum absolute atomic E-state index is 0. The molecular weight excluding hydrogens is 529 g/mol. The van der Waals surface area contributed by atoms with Gasteiger partial charge in [0.2, 0.25) is 0 Å². The summed E-state index contributed by atoms with van der Waals surface area (Å²) in [5.41, 5.74) is 1.31. The molecule has 2 aliphatic rings. The van der Waals surface area contributed by atoms with Crippen molar-refractivity contribution in [2.45, 2.75) is 56.7 Å². The van der Waals surface area contributed by atoms with Crippen LogP contribution in [0.25, 0.3) is 0 Å². The molecule has 0 radical (unpaired) electrons. The van der Waals surface area contributed by atoms with Crippen LogP contribution in [0.3, 0.4) is 0 Å². The lowest BCUT2D eigenvalue weighted by atomic mass is 9.88. The highest BCUT2D eigenvalue weighted by Crippen LogP contribution is 2.25. The van der Waals surface area contributed by atoms with E-state index in [9.17, 15) is 0 Å². The number of methoxy groups -OCH3 is 1. The van der Waals surface area contributed by atoms with Gasteiger partial charge < -0.3 is 30.3 Å². The first kappa shape index (κ1) is 28.3. The lowest BCUT2D eigenvalue weighted by molar-refractivity contribution is 0.0354. The third-order valence-corrected chi connectivity index (χ3v) is 6.84. The van der Waals surface area contributed by atoms with Gasteiger partial charge in [-0.2, -0.15) is 0 Å². The Labute approximate surface area is 217 Å². The first-order valence-corrected chi connectivity index (χ1v) is 12.2. The lowest BCUT2D eigenvalue weighted by Crippen LogP contribution is -2.59. The second kappa shape index (κ2) is 15.1. The molecule has 3 N–H and O–H groups in total. The minimum atomic E-state index is -0.00413. The van der Waals surface area contributed by atoms with Crippen LogP contribution in [-0.4, -0.2) is 82.6 Å². The average molecular weight is 574 g/mol. The van der Waals surface area contributed by atoms with E-state index in [-0.39, 0.29) is 35.6 Å². The van der Waals surface area contributed by atoms with E-state index >= 15 is 0 Å². The zero-order valence-electron chi connectivity index (χ0n) is 20.6. The molecule has 2 fully saturated rings. The topological polar surface area (TPSA) is 70.2 Å². The summed E-state index contributed by atoms with van der Waals surface area (Å²) in [7, 11) is 3.64. The van der Waals surface area contributed by atoms with E-state index in [0.717, 1.165) is 84.1 Å². The molecule has 1 atom stereocenters. The molecule has 2 aliphatic heterocycles. The summed E-state index contributed by atoms with van der Waals surface area (Å²) < 4.78 is 10.9. The van der Waals surface area contributed by atoms with Crippen LogP contribution in [-0.2, 0) is 9.47 Å². The largest absolute Gasteiger partial charge is 0.385 e. The van der Waals surface area contributed by atoms with E-state index < -0.39 is 0 Å². The number of likely N-dealkylation sites (tertiary alicyclic amines) is 1. The first-order valence-electron chi connectivity index (χ1n) is 12.2. The number of hydrogen-bond donors (Lipinski definition) is 3. The summed E-state index contributed by atoms with van der Waals surface area (Å²) in [6, 6.07) is 11.4. The van der Waals surface area contributed by atoms with Crippen LogP contribution in [0.4, 0.5) is 0 Å². The van der Waals surface area contributed by atoms with Gasteiger partial charge >= 0.3 is 0 Å². The molecule has 0 amide bonds. The Morgan fingerprint density at radius 2 is 1.91 bits per heavy atom. The number of ether oxygens (including phenoxy) is 2. The molecule has 7 nitrogen and oxygen atoms in total. The van der Waals surface area contributed by atoms with Crippen LogP contribution in [0.2, 0.25) is 0 Å². The number of piperidine rings is 1. The van der Waals surface area contributed by atoms with Crippen LogP contribution in [0.15, 0.2) is 35.3 Å². The van der Waals surface area contributed by atoms with Crippen molar-refractivity contribution in [3.63, 3.8) is 0 Å². The molecule has 1 unspecified atom stereocenters. The van der Waals surface area contributed by atoms with E-state index in [1.54, 1.807) is 7.11 Å². The Morgan fingerprint density at radius 3 is 2.55 bits per heavy atom. The van der Waals surface area contributed by atoms with E-state index in [2.05, 4.69) is 63.1 Å². The van der Waals surface area contributed by atoms with Gasteiger partial charge in [0.1, 0.15) is 0 Å². The molecule has 2 saturated heterocycles. The number of nitrogens with one attached hydrogen (secondary N) is 3. The predicted octanol–water partition coefficient (Wildman–Crippen LogP) is 3.17. The van der Waals surface area contributed by atoms with E-state index in [1.165, 1.54) is 5.56 Å². The Hall–Kier alpha value is -0.940. The Kier molecular flexibility index (Phi) is 13.0. The number of hydrogen-bond acceptors (Lipinski definition) is 5. The van der Waals surface area contributed by atoms with Crippen molar-refractivity contribution in [2.24, 2.45) is 4.99 Å². The van der Waals surface area contributed by atoms with Gasteiger partial charge in [0, 0.05) is 77.8 Å². The fraction of sp³-hybridized carbons (Fsp3) is 0.720. The molecule has 2 heterocycles. The highest BCUT2D eigenvalue weighted by Gasteiger charge is 2.34. The number of halogens is 1. The monoisotopic (exact) mass is 573 g/mol. The summed E-state index contributed by atoms with van der Waals surface area (Å²) >= 11 is 0. The highest BCUT2D eigenvalue weighted by atomic mass is 127. The summed E-state index contributed by atoms with van der Waals surface area (Å²) in [5, 5.41) is 11.2. The van der Waals surface area contributed by atoms with Crippen molar-refractivity contribution in [2.75, 3.05) is 60.2 Å². The molecule has 0 aromatic heterocycles. The van der Waals surface area contributed by atoms with E-state index in [0.29, 0.717) is 6.04 Å². The fourth-order valence-electron chi connectivity index (χ4n) is 4.79. The Morgan fingerprint density at radius 1 is 1.21 bits per heavy atom. The van der Waals surface area contributed by atoms with Crippen LogP contribution in [0.5, 0.6) is 0 Å². The first-order chi connectivity index (χ1) is 15.6. The summed E-state index contributed by atoms with van der Waals surface area (Å²) in [4.78, 5) is 7.06. The fourth-order valence-corrected chi connectivity index (χ4v) is 4.79. The maximum absolute atomic E-state index is 5.69. The number of benzene rings is 1. The van der Waals surface area contributed by atoms with Gasteiger partial charge in [0.25, 0.3) is 0 Å². The van der Waals surface area contributed by atoms with Crippen LogP contribution < -0.4 is 16.0 Å². The van der Waals surface area contributed by atoms with Crippen molar-refractivity contribution >= 4 is 29.9 Å². The zero-order valence-corrected chi connectivity index (χ0v) is 23.0. The van der Waals surface area contributed by atoms with Gasteiger partial charge in [0.15, 0.2) is 5.96 Å². The van der Waals surface area contributed by atoms with Gasteiger partial charge in [-0.25, -0.2) is 0 Å². The molecule has 3 rings (SSSR count). The zero-order chi connectivity index (χ0) is 22.7. The van der Waals surface area contributed by atoms with Crippen LogP contribution >= 0.6 is 24.0 Å². The van der Waals surface area contributed by atoms with Gasteiger partial charge in [-0.3, -0.25) is 4.99 Å². The maximum atomic E-state index is 5.69. The van der Waals surface area contributed by atoms with Gasteiger partial charge in [-0.05, 0) is 44.6 Å². The van der Waals surface area contributed by atoms with Gasteiger partial charge in [-0.1, -0.05) is 30.3 Å². The quantitative estimate of drug-likeness (QED) is 0.173. The highest BCUT2D eigenvalue weighted by molar-refractivity contribution is 14.0. The van der Waals surface area contributed by atoms with Gasteiger partial charge in [-0.15, -0.1) is 24.0 Å². The van der Waals surface area contributed by atoms with E-state index in [4.69, 9.17) is 9.47 Å². The molecule has 0 bridgehead atoms. The number of aliphatic imine (C=N–C) groups is 1. The van der Waals surface area contributed by atoms with Crippen LogP contribution in [0, 0.1) is 0 Å². The molecule has 0 aliphatic carbocycles. The van der Waals surface area contributed by atoms with Crippen molar-refractivity contribution in [3.8, 4) is 0 Å². The summed E-state index contributed by atoms with van der Waals surface area (Å²) in [5.74, 6) is 0.905. The molecule has 188 valence electrons. The SMILES string of the molecule is CN=C(NCC1(NC(C)c2ccccc2)CCOCC1)NC1CCN(CCCOC)CC1.I. The Bertz CT molecular complexity index is 677. The van der Waals surface area contributed by atoms with E-state index in [1.807, 2.05) is 7.05 Å². The van der Waals surface area contributed by atoms with Crippen LogP contribution in [0.1, 0.15) is 50.6 Å². The van der Waals surface area contributed by atoms with Crippen molar-refractivity contribution < 1.29 is 9.47 Å². The Balaban J connectivity index is 0.00000385. The third kappa shape index (κ3) is 9.32. The minimum Gasteiger partial charge on any atom is -0.385 e. The molecule has 0 spiro atoms. The second-order valence-corrected chi connectivity index (χ2v) is 9.20. The standard InChI is InChI=1S/C25H43N5O2.HI/c1-21(22-8-5-4-6-9-22)29-25(12-18-32-19-13-25)20-27-24(26-2)28-23-10-15-30(16-11-23)14-7-17-31-3;/h4-6,8-9,21,23,29H,7,10-20H2,1-3H3,(H2,26,27,28);1H. The smallest absolute Gasteiger partial charge is 0.191 e. The second-order valence-electron chi connectivity index (χ2n) is 9.20. The molecule has 33 heavy (non-hydrogen) atoms. The number of nitrogens with zero attached hydrogens (tertiary/aromatic N) is 2. The predicted molar refractivity (Wildman–Crippen MR) is 147 cm³/mol. The molecule has 1 aromatic carbocycles. The number of rotatable bonds is 10. The molecule has 1 aromatic rings. The number of guanidine groups is 1. The summed E-state index contributed by atoms with van der Waals surface area (Å²) in [6.45, 7) is 8.92. The van der Waals surface area contributed by atoms with Crippen molar-refractivity contribution in [1.29, 1.82) is 0 Å². The molecule has 0 saturated carbocycles. The van der Waals surface area contributed by atoms with Crippen molar-refractivity contribution in [1.82, 2.24) is 20.9 Å². The maximum Gasteiger partial charge on any atom is 0.191 e. The lowest BCUT2D eigenvalue weighted by Gasteiger charge is -2.41. The molecular formula is C25H44IN5O2. The van der Waals surface area contributed by atoms with Gasteiger partial charge in [0.05, 0.1) is 0 Å². The molecule has 8 heteroatoms.